The van der Waals surface area contributed by atoms with Crippen LogP contribution in [0.25, 0.3) is 0 Å². The minimum atomic E-state index is -0.196. The van der Waals surface area contributed by atoms with Crippen molar-refractivity contribution in [3.8, 4) is 0 Å². The van der Waals surface area contributed by atoms with E-state index in [1.807, 2.05) is 0 Å². The number of carbonyl (C=O) groups is 1. The van der Waals surface area contributed by atoms with Gasteiger partial charge in [-0.3, -0.25) is 4.79 Å². The average molecular weight is 303 g/mol. The van der Waals surface area contributed by atoms with Gasteiger partial charge < -0.3 is 14.6 Å². The third-order valence-corrected chi connectivity index (χ3v) is 2.97. The number of nitrogens with one attached hydrogen (secondary N) is 1. The van der Waals surface area contributed by atoms with Gasteiger partial charge in [-0.15, -0.1) is 0 Å². The maximum Gasteiger partial charge on any atom is 0.322 e. The SMILES string of the molecule is COC(=O)C1CC(OPI)CN1. The number of esters is 1. The van der Waals surface area contributed by atoms with Crippen LogP contribution in [0.2, 0.25) is 0 Å². The molecule has 0 aromatic rings. The lowest BCUT2D eigenvalue weighted by atomic mass is 10.2. The summed E-state index contributed by atoms with van der Waals surface area (Å²) in [4.78, 5) is 11.0. The lowest BCUT2D eigenvalue weighted by Crippen LogP contribution is -2.31. The zero-order valence-electron chi connectivity index (χ0n) is 6.67. The van der Waals surface area contributed by atoms with Gasteiger partial charge in [0, 0.05) is 13.0 Å². The highest BCUT2D eigenvalue weighted by atomic mass is 127. The lowest BCUT2D eigenvalue weighted by Gasteiger charge is -2.07. The number of rotatable bonds is 3. The highest BCUT2D eigenvalue weighted by Gasteiger charge is 2.30. The minimum Gasteiger partial charge on any atom is -0.468 e. The molecule has 12 heavy (non-hydrogen) atoms. The third kappa shape index (κ3) is 2.80. The smallest absolute Gasteiger partial charge is 0.322 e. The Bertz CT molecular complexity index is 169. The van der Waals surface area contributed by atoms with E-state index in [0.717, 1.165) is 13.0 Å². The maximum absolute atomic E-state index is 11.0. The molecule has 0 bridgehead atoms. The molecule has 3 unspecified atom stereocenters. The van der Waals surface area contributed by atoms with Crippen molar-refractivity contribution in [2.75, 3.05) is 13.7 Å². The van der Waals surface area contributed by atoms with Crippen LogP contribution in [0.5, 0.6) is 0 Å². The summed E-state index contributed by atoms with van der Waals surface area (Å²) in [6.07, 6.45) is 0.896. The van der Waals surface area contributed by atoms with E-state index in [2.05, 4.69) is 32.1 Å². The van der Waals surface area contributed by atoms with E-state index in [0.29, 0.717) is 6.45 Å². The lowest BCUT2D eigenvalue weighted by molar-refractivity contribution is -0.142. The van der Waals surface area contributed by atoms with Crippen molar-refractivity contribution in [3.63, 3.8) is 0 Å². The predicted molar refractivity (Wildman–Crippen MR) is 55.6 cm³/mol. The van der Waals surface area contributed by atoms with E-state index in [4.69, 9.17) is 4.52 Å². The Kier molecular flexibility index (Phi) is 4.71. The first-order valence-corrected chi connectivity index (χ1v) is 7.62. The summed E-state index contributed by atoms with van der Waals surface area (Å²) in [5.41, 5.74) is 0. The molecule has 70 valence electrons. The van der Waals surface area contributed by atoms with E-state index in [9.17, 15) is 4.79 Å². The highest BCUT2D eigenvalue weighted by Crippen LogP contribution is 2.27. The Hall–Kier alpha value is 0.550. The molecule has 1 fully saturated rings. The number of hydrogen-bond acceptors (Lipinski definition) is 4. The van der Waals surface area contributed by atoms with Crippen LogP contribution in [-0.2, 0) is 14.1 Å². The van der Waals surface area contributed by atoms with Gasteiger partial charge in [0.25, 0.3) is 0 Å². The molecule has 3 atom stereocenters. The summed E-state index contributed by atoms with van der Waals surface area (Å²) in [5, 5.41) is 3.04. The van der Waals surface area contributed by atoms with Crippen LogP contribution < -0.4 is 5.32 Å². The number of carbonyl (C=O) groups excluding carboxylic acids is 1. The van der Waals surface area contributed by atoms with Gasteiger partial charge >= 0.3 is 5.97 Å². The quantitative estimate of drug-likeness (QED) is 0.477. The van der Waals surface area contributed by atoms with Gasteiger partial charge in [0.2, 0.25) is 0 Å². The van der Waals surface area contributed by atoms with Crippen molar-refractivity contribution in [1.82, 2.24) is 5.32 Å². The maximum atomic E-state index is 11.0. The largest absolute Gasteiger partial charge is 0.468 e. The topological polar surface area (TPSA) is 47.6 Å². The highest BCUT2D eigenvalue weighted by molar-refractivity contribution is 14.2. The van der Waals surface area contributed by atoms with E-state index < -0.39 is 0 Å². The third-order valence-electron chi connectivity index (χ3n) is 1.79. The van der Waals surface area contributed by atoms with Crippen molar-refractivity contribution in [3.05, 3.63) is 0 Å². The fourth-order valence-electron chi connectivity index (χ4n) is 1.18. The Balaban J connectivity index is 2.30. The van der Waals surface area contributed by atoms with E-state index in [1.54, 1.807) is 0 Å². The van der Waals surface area contributed by atoms with E-state index >= 15 is 0 Å². The van der Waals surface area contributed by atoms with Crippen LogP contribution in [0.3, 0.4) is 0 Å². The summed E-state index contributed by atoms with van der Waals surface area (Å²) in [7, 11) is 1.40. The standard InChI is InChI=1S/C6H11INO3P/c1-10-6(9)5-2-4(3-8-5)11-12-7/h4-5,8,12H,2-3H2,1H3. The number of hydrogen-bond donors (Lipinski definition) is 1. The molecule has 1 aliphatic heterocycles. The molecule has 4 nitrogen and oxygen atoms in total. The van der Waals surface area contributed by atoms with Crippen LogP contribution in [0, 0.1) is 0 Å². The van der Waals surface area contributed by atoms with Crippen LogP contribution in [-0.4, -0.2) is 31.8 Å². The Morgan fingerprint density at radius 1 is 1.75 bits per heavy atom. The van der Waals surface area contributed by atoms with Crippen molar-refractivity contribution in [2.24, 2.45) is 0 Å². The van der Waals surface area contributed by atoms with Crippen molar-refractivity contribution < 1.29 is 14.1 Å². The van der Waals surface area contributed by atoms with Crippen LogP contribution in [0.4, 0.5) is 0 Å². The minimum absolute atomic E-state index is 0.171. The molecule has 1 N–H and O–H groups in total. The summed E-state index contributed by atoms with van der Waals surface area (Å²) in [6, 6.07) is -0.173. The van der Waals surface area contributed by atoms with Crippen molar-refractivity contribution in [2.45, 2.75) is 18.6 Å². The Morgan fingerprint density at radius 2 is 2.50 bits per heavy atom. The number of ether oxygens (including phenoxy) is 1. The van der Waals surface area contributed by atoms with Crippen LogP contribution in [0.1, 0.15) is 6.42 Å². The van der Waals surface area contributed by atoms with Gasteiger partial charge in [0.15, 0.2) is 0 Å². The molecule has 0 spiro atoms. The molecule has 0 saturated carbocycles. The molecule has 1 aliphatic rings. The van der Waals surface area contributed by atoms with Gasteiger partial charge in [-0.2, -0.15) is 0 Å². The molecule has 6 heteroatoms. The molecule has 0 aliphatic carbocycles. The van der Waals surface area contributed by atoms with Gasteiger partial charge in [0.05, 0.1) is 19.7 Å². The number of methoxy groups -OCH3 is 1. The fourth-order valence-corrected chi connectivity index (χ4v) is 2.56. The summed E-state index contributed by atoms with van der Waals surface area (Å²) in [6.45, 7) is 1.20. The molecule has 1 rings (SSSR count). The molecule has 0 aromatic heterocycles. The normalized spacial score (nSPS) is 29.8. The summed E-state index contributed by atoms with van der Waals surface area (Å²) >= 11 is 2.17. The number of halogens is 1. The molecule has 0 amide bonds. The summed E-state index contributed by atoms with van der Waals surface area (Å²) < 4.78 is 9.98. The summed E-state index contributed by atoms with van der Waals surface area (Å²) in [5.74, 6) is -0.196. The van der Waals surface area contributed by atoms with E-state index in [1.165, 1.54) is 7.11 Å². The van der Waals surface area contributed by atoms with Gasteiger partial charge in [-0.05, 0) is 22.0 Å². The molecule has 1 heterocycles. The first-order valence-electron chi connectivity index (χ1n) is 3.60. The second-order valence-corrected chi connectivity index (χ2v) is 4.25. The molecular formula is C6H11INO3P. The Labute approximate surface area is 86.1 Å². The van der Waals surface area contributed by atoms with Crippen LogP contribution in [0.15, 0.2) is 0 Å². The second kappa shape index (κ2) is 5.32. The molecule has 0 aromatic carbocycles. The first-order chi connectivity index (χ1) is 5.77. The van der Waals surface area contributed by atoms with E-state index in [-0.39, 0.29) is 18.1 Å². The molecular weight excluding hydrogens is 292 g/mol. The average Bonchev–Trinajstić information content (AvgIpc) is 2.52. The fraction of sp³-hybridized carbons (Fsp3) is 0.833. The van der Waals surface area contributed by atoms with Gasteiger partial charge in [-0.1, -0.05) is 0 Å². The first kappa shape index (κ1) is 10.6. The Morgan fingerprint density at radius 3 is 3.08 bits per heavy atom. The van der Waals surface area contributed by atoms with Gasteiger partial charge in [0.1, 0.15) is 6.04 Å². The predicted octanol–water partition coefficient (Wildman–Crippen LogP) is 0.850. The molecule has 0 radical (unpaired) electrons. The van der Waals surface area contributed by atoms with Crippen molar-refractivity contribution in [1.29, 1.82) is 0 Å². The van der Waals surface area contributed by atoms with Crippen molar-refractivity contribution >= 4 is 34.5 Å². The van der Waals surface area contributed by atoms with Crippen LogP contribution >= 0.6 is 28.5 Å². The zero-order valence-corrected chi connectivity index (χ0v) is 9.83. The second-order valence-electron chi connectivity index (χ2n) is 2.54. The monoisotopic (exact) mass is 303 g/mol. The van der Waals surface area contributed by atoms with Gasteiger partial charge in [-0.25, -0.2) is 0 Å². The zero-order chi connectivity index (χ0) is 8.97. The molecule has 1 saturated heterocycles.